The van der Waals surface area contributed by atoms with Crippen molar-refractivity contribution in [2.45, 2.75) is 78.6 Å². The predicted molar refractivity (Wildman–Crippen MR) is 275 cm³/mol. The molecule has 0 aliphatic heterocycles. The molecule has 0 saturated heterocycles. The van der Waals surface area contributed by atoms with Gasteiger partial charge in [0, 0.05) is 28.6 Å². The van der Waals surface area contributed by atoms with Crippen LogP contribution in [0.15, 0.2) is 182 Å². The van der Waals surface area contributed by atoms with Crippen LogP contribution in [0, 0.1) is 6.33 Å². The van der Waals surface area contributed by atoms with Gasteiger partial charge in [0.2, 0.25) is 0 Å². The number of pyridine rings is 1. The summed E-state index contributed by atoms with van der Waals surface area (Å²) < 4.78 is 13.1. The third-order valence-corrected chi connectivity index (χ3v) is 12.8. The van der Waals surface area contributed by atoms with Gasteiger partial charge in [0.05, 0.1) is 22.4 Å². The molecule has 0 bridgehead atoms. The second-order valence-corrected chi connectivity index (χ2v) is 20.7. The lowest BCUT2D eigenvalue weighted by molar-refractivity contribution is -0.660. The van der Waals surface area contributed by atoms with Crippen LogP contribution in [0.2, 0.25) is 0 Å². The number of hydrogen-bond donors (Lipinski definition) is 0. The Labute approximate surface area is 394 Å². The van der Waals surface area contributed by atoms with E-state index >= 15 is 0 Å². The van der Waals surface area contributed by atoms with Gasteiger partial charge in [-0.15, -0.1) is 5.10 Å². The number of rotatable bonds is 8. The first-order valence-corrected chi connectivity index (χ1v) is 23.2. The normalized spacial score (nSPS) is 12.3. The van der Waals surface area contributed by atoms with Crippen LogP contribution < -0.4 is 9.42 Å². The predicted octanol–water partition coefficient (Wildman–Crippen LogP) is 15.1. The standard InChI is InChI=1S/C61H57N5O/c1-59(2,3)43-32-33-62-56(37-43)66-54-29-17-16-26-52(54)53-31-30-49(39-55(53)66)67-48-25-18-24-46(38-48)64-40-65(47-35-44(60(4,5)6)34-45(36-47)61(7,8)9)63-58(64)57-50(41-20-12-10-13-21-41)27-19-28-51(57)42-22-14-11-15-23-42/h10-39H,1-9H3. The molecule has 6 nitrogen and oxygen atoms in total. The highest BCUT2D eigenvalue weighted by atomic mass is 16.5. The van der Waals surface area contributed by atoms with Crippen LogP contribution >= 0.6 is 0 Å². The Hall–Kier alpha value is -7.57. The lowest BCUT2D eigenvalue weighted by Crippen LogP contribution is -2.34. The summed E-state index contributed by atoms with van der Waals surface area (Å²) in [7, 11) is 0. The van der Waals surface area contributed by atoms with Crippen LogP contribution in [0.5, 0.6) is 11.5 Å². The molecule has 0 saturated carbocycles. The zero-order chi connectivity index (χ0) is 46.7. The maximum absolute atomic E-state index is 6.85. The van der Waals surface area contributed by atoms with E-state index in [1.165, 1.54) is 22.1 Å². The van der Waals surface area contributed by atoms with Gasteiger partial charge in [-0.1, -0.05) is 190 Å². The average molecular weight is 876 g/mol. The molecule has 0 aliphatic rings. The topological polar surface area (TPSA) is 48.8 Å². The van der Waals surface area contributed by atoms with E-state index in [1.807, 2.05) is 23.0 Å². The molecule has 67 heavy (non-hydrogen) atoms. The number of fused-ring (bicyclic) bond motifs is 3. The monoisotopic (exact) mass is 875 g/mol. The van der Waals surface area contributed by atoms with Crippen molar-refractivity contribution < 1.29 is 9.42 Å². The Kier molecular flexibility index (Phi) is 10.8. The lowest BCUT2D eigenvalue weighted by atomic mass is 9.80. The van der Waals surface area contributed by atoms with E-state index in [2.05, 4.69) is 242 Å². The molecule has 6 heteroatoms. The minimum Gasteiger partial charge on any atom is -0.458 e. The number of para-hydroxylation sites is 1. The Balaban J connectivity index is 1.15. The molecule has 0 atom stereocenters. The fourth-order valence-corrected chi connectivity index (χ4v) is 8.96. The van der Waals surface area contributed by atoms with Gasteiger partial charge >= 0.3 is 0 Å². The van der Waals surface area contributed by atoms with E-state index in [0.717, 1.165) is 73.0 Å². The van der Waals surface area contributed by atoms with E-state index in [0.29, 0.717) is 5.75 Å². The Morgan fingerprint density at radius 1 is 0.493 bits per heavy atom. The molecule has 7 aromatic carbocycles. The van der Waals surface area contributed by atoms with E-state index in [-0.39, 0.29) is 16.2 Å². The first-order valence-electron chi connectivity index (χ1n) is 23.2. The van der Waals surface area contributed by atoms with Crippen molar-refractivity contribution in [3.05, 3.63) is 205 Å². The number of hydrogen-bond acceptors (Lipinski definition) is 3. The minimum absolute atomic E-state index is 0.0277. The van der Waals surface area contributed by atoms with Crippen molar-refractivity contribution in [2.24, 2.45) is 0 Å². The van der Waals surface area contributed by atoms with Gasteiger partial charge in [-0.25, -0.2) is 4.98 Å². The summed E-state index contributed by atoms with van der Waals surface area (Å²) in [6.45, 7) is 20.3. The van der Waals surface area contributed by atoms with Crippen LogP contribution in [-0.4, -0.2) is 19.2 Å². The summed E-state index contributed by atoms with van der Waals surface area (Å²) in [6.07, 6.45) is 5.67. The summed E-state index contributed by atoms with van der Waals surface area (Å²) in [4.78, 5) is 4.90. The van der Waals surface area contributed by atoms with Crippen LogP contribution in [0.1, 0.15) is 79.0 Å². The highest BCUT2D eigenvalue weighted by Gasteiger charge is 2.26. The molecule has 0 radical (unpaired) electrons. The van der Waals surface area contributed by atoms with Crippen LogP contribution in [0.25, 0.3) is 72.6 Å². The van der Waals surface area contributed by atoms with Crippen molar-refractivity contribution in [2.75, 3.05) is 0 Å². The van der Waals surface area contributed by atoms with E-state index in [1.54, 1.807) is 0 Å². The molecule has 332 valence electrons. The number of ether oxygens (including phenoxy) is 1. The molecule has 0 spiro atoms. The van der Waals surface area contributed by atoms with Crippen LogP contribution in [0.3, 0.4) is 0 Å². The van der Waals surface area contributed by atoms with Crippen LogP contribution in [0.4, 0.5) is 0 Å². The molecule has 0 unspecified atom stereocenters. The van der Waals surface area contributed by atoms with Gasteiger partial charge in [0.25, 0.3) is 6.33 Å². The van der Waals surface area contributed by atoms with Crippen molar-refractivity contribution in [3.63, 3.8) is 0 Å². The molecule has 0 amide bonds. The summed E-state index contributed by atoms with van der Waals surface area (Å²) in [5.74, 6) is 3.05. The maximum atomic E-state index is 6.85. The molecule has 0 aliphatic carbocycles. The Morgan fingerprint density at radius 2 is 1.07 bits per heavy atom. The fourth-order valence-electron chi connectivity index (χ4n) is 8.96. The second-order valence-electron chi connectivity index (χ2n) is 20.7. The third-order valence-electron chi connectivity index (χ3n) is 12.8. The minimum atomic E-state index is -0.0849. The van der Waals surface area contributed by atoms with E-state index in [4.69, 9.17) is 14.8 Å². The number of aromatic nitrogens is 5. The molecule has 10 rings (SSSR count). The zero-order valence-electron chi connectivity index (χ0n) is 40.0. The van der Waals surface area contributed by atoms with Crippen molar-refractivity contribution in [3.8, 4) is 62.3 Å². The van der Waals surface area contributed by atoms with Crippen molar-refractivity contribution in [1.82, 2.24) is 19.2 Å². The molecule has 3 aromatic heterocycles. The molecule has 10 aromatic rings. The Morgan fingerprint density at radius 3 is 1.72 bits per heavy atom. The number of nitrogens with zero attached hydrogens (tertiary/aromatic N) is 5. The van der Waals surface area contributed by atoms with Gasteiger partial charge < -0.3 is 4.74 Å². The maximum Gasteiger partial charge on any atom is 0.273 e. The van der Waals surface area contributed by atoms with Crippen molar-refractivity contribution in [1.29, 1.82) is 0 Å². The first-order chi connectivity index (χ1) is 32.1. The third kappa shape index (κ3) is 8.45. The molecule has 0 N–H and O–H groups in total. The molecule has 0 fully saturated rings. The number of benzene rings is 7. The SMILES string of the molecule is CC(C)(C)c1cc(-[n+]2[c-]n(-c3cccc(Oc4ccc5c6ccccc6n(-c6cc(C(C)(C)C)ccn6)c5c4)c3)c(-c3c(-c4ccccc4)cccc3-c3ccccc3)n2)cc(C(C)(C)C)c1. The first kappa shape index (κ1) is 43.3. The van der Waals surface area contributed by atoms with Gasteiger partial charge in [0.15, 0.2) is 5.82 Å². The zero-order valence-corrected chi connectivity index (χ0v) is 40.0. The molecular weight excluding hydrogens is 819 g/mol. The fraction of sp³-hybridized carbons (Fsp3) is 0.197. The lowest BCUT2D eigenvalue weighted by Gasteiger charge is -2.26. The van der Waals surface area contributed by atoms with Gasteiger partial charge in [-0.2, -0.15) is 4.68 Å². The summed E-state index contributed by atoms with van der Waals surface area (Å²) in [6, 6.07) is 62.0. The van der Waals surface area contributed by atoms with E-state index < -0.39 is 0 Å². The molecular formula is C61H57N5O. The summed E-state index contributed by atoms with van der Waals surface area (Å²) >= 11 is 0. The van der Waals surface area contributed by atoms with Gasteiger partial charge in [-0.3, -0.25) is 9.13 Å². The second kappa shape index (κ2) is 16.7. The smallest absolute Gasteiger partial charge is 0.273 e. The van der Waals surface area contributed by atoms with Crippen LogP contribution in [-0.2, 0) is 16.2 Å². The highest BCUT2D eigenvalue weighted by molar-refractivity contribution is 6.09. The highest BCUT2D eigenvalue weighted by Crippen LogP contribution is 2.41. The summed E-state index contributed by atoms with van der Waals surface area (Å²) in [5.41, 5.74) is 12.8. The quantitative estimate of drug-likeness (QED) is 0.113. The van der Waals surface area contributed by atoms with Gasteiger partial charge in [-0.05, 0) is 97.7 Å². The Bertz CT molecular complexity index is 3340. The average Bonchev–Trinajstić information content (AvgIpc) is 3.91. The largest absolute Gasteiger partial charge is 0.458 e. The van der Waals surface area contributed by atoms with E-state index in [9.17, 15) is 0 Å². The summed E-state index contributed by atoms with van der Waals surface area (Å²) in [5, 5.41) is 7.85. The van der Waals surface area contributed by atoms with Gasteiger partial charge in [0.1, 0.15) is 17.3 Å². The molecule has 3 heterocycles. The van der Waals surface area contributed by atoms with Crippen molar-refractivity contribution >= 4 is 21.8 Å².